The first kappa shape index (κ1) is 14.6. The van der Waals surface area contributed by atoms with Crippen molar-refractivity contribution >= 4 is 23.5 Å². The van der Waals surface area contributed by atoms with E-state index in [1.165, 1.54) is 6.08 Å². The molecule has 21 heavy (non-hydrogen) atoms. The van der Waals surface area contributed by atoms with Crippen LogP contribution in [0.2, 0.25) is 0 Å². The van der Waals surface area contributed by atoms with Gasteiger partial charge in [-0.1, -0.05) is 0 Å². The fourth-order valence-corrected chi connectivity index (χ4v) is 1.68. The number of rotatable bonds is 6. The highest BCUT2D eigenvalue weighted by Crippen LogP contribution is 2.14. The largest absolute Gasteiger partial charge is 0.465 e. The van der Waals surface area contributed by atoms with Gasteiger partial charge in [0.05, 0.1) is 12.0 Å². The summed E-state index contributed by atoms with van der Waals surface area (Å²) in [6.07, 6.45) is 4.60. The zero-order valence-electron chi connectivity index (χ0n) is 11.8. The monoisotopic (exact) mass is 286 g/mol. The number of nitrogens with two attached hydrogens (primary N) is 1. The lowest BCUT2D eigenvalue weighted by Crippen LogP contribution is -2.27. The third-order valence-corrected chi connectivity index (χ3v) is 2.72. The molecular weight excluding hydrogens is 268 g/mol. The van der Waals surface area contributed by atoms with E-state index in [1.54, 1.807) is 30.5 Å². The van der Waals surface area contributed by atoms with E-state index in [0.717, 1.165) is 5.69 Å². The fraction of sp³-hybridized carbons (Fsp3) is 0.200. The summed E-state index contributed by atoms with van der Waals surface area (Å²) in [4.78, 5) is 15.8. The maximum Gasteiger partial charge on any atom is 0.244 e. The van der Waals surface area contributed by atoms with Gasteiger partial charge in [0.2, 0.25) is 5.91 Å². The van der Waals surface area contributed by atoms with Crippen molar-refractivity contribution in [2.24, 2.45) is 0 Å². The van der Waals surface area contributed by atoms with Crippen LogP contribution in [0.5, 0.6) is 0 Å². The van der Waals surface area contributed by atoms with E-state index in [-0.39, 0.29) is 5.91 Å². The molecule has 0 aromatic carbocycles. The Morgan fingerprint density at radius 1 is 1.38 bits per heavy atom. The molecule has 0 spiro atoms. The first-order valence-electron chi connectivity index (χ1n) is 6.61. The van der Waals surface area contributed by atoms with Crippen LogP contribution in [0.15, 0.2) is 41.0 Å². The van der Waals surface area contributed by atoms with Gasteiger partial charge in [0.1, 0.15) is 11.6 Å². The number of nitrogens with zero attached hydrogens (tertiary/aromatic N) is 1. The van der Waals surface area contributed by atoms with E-state index in [9.17, 15) is 4.79 Å². The van der Waals surface area contributed by atoms with E-state index in [4.69, 9.17) is 10.2 Å². The number of amides is 1. The molecule has 0 bridgehead atoms. The molecule has 2 aromatic heterocycles. The Labute approximate surface area is 123 Å². The van der Waals surface area contributed by atoms with Gasteiger partial charge in [-0.2, -0.15) is 0 Å². The Bertz CT molecular complexity index is 621. The summed E-state index contributed by atoms with van der Waals surface area (Å²) in [6, 6.07) is 7.19. The lowest BCUT2D eigenvalue weighted by Gasteiger charge is -2.09. The minimum atomic E-state index is -0.182. The Balaban J connectivity index is 1.72. The third-order valence-electron chi connectivity index (χ3n) is 2.72. The lowest BCUT2D eigenvalue weighted by atomic mass is 10.3. The number of nitrogen functional groups attached to an aromatic ring is 1. The summed E-state index contributed by atoms with van der Waals surface area (Å²) in [7, 11) is 0. The molecule has 6 nitrogen and oxygen atoms in total. The predicted molar refractivity (Wildman–Crippen MR) is 82.6 cm³/mol. The summed E-state index contributed by atoms with van der Waals surface area (Å²) in [5.74, 6) is 1.09. The number of furan rings is 1. The van der Waals surface area contributed by atoms with Crippen molar-refractivity contribution in [1.29, 1.82) is 0 Å². The summed E-state index contributed by atoms with van der Waals surface area (Å²) in [5.41, 5.74) is 7.27. The van der Waals surface area contributed by atoms with Gasteiger partial charge in [-0.3, -0.25) is 4.79 Å². The van der Waals surface area contributed by atoms with Crippen LogP contribution in [-0.2, 0) is 4.79 Å². The van der Waals surface area contributed by atoms with Gasteiger partial charge in [-0.05, 0) is 37.3 Å². The van der Waals surface area contributed by atoms with Crippen molar-refractivity contribution < 1.29 is 9.21 Å². The standard InChI is InChI=1S/C15H18N4O2/c1-11-4-6-13(16)15(19-11)18-9-8-17-14(20)7-5-12-3-2-10-21-12/h2-7,10H,8-9,16H2,1H3,(H,17,20)(H,18,19)/b7-5+. The van der Waals surface area contributed by atoms with E-state index in [1.807, 2.05) is 13.0 Å². The van der Waals surface area contributed by atoms with Gasteiger partial charge >= 0.3 is 0 Å². The van der Waals surface area contributed by atoms with Crippen LogP contribution in [0.25, 0.3) is 6.08 Å². The van der Waals surface area contributed by atoms with Gasteiger partial charge in [-0.25, -0.2) is 4.98 Å². The third kappa shape index (κ3) is 4.68. The van der Waals surface area contributed by atoms with E-state index < -0.39 is 0 Å². The summed E-state index contributed by atoms with van der Waals surface area (Å²) < 4.78 is 5.09. The highest BCUT2D eigenvalue weighted by molar-refractivity contribution is 5.91. The molecule has 0 atom stereocenters. The number of carbonyl (C=O) groups excluding carboxylic acids is 1. The van der Waals surface area contributed by atoms with Crippen LogP contribution in [0.1, 0.15) is 11.5 Å². The molecule has 0 aliphatic heterocycles. The Kier molecular flexibility index (Phi) is 4.98. The summed E-state index contributed by atoms with van der Waals surface area (Å²) in [5, 5.41) is 5.84. The molecular formula is C15H18N4O2. The van der Waals surface area contributed by atoms with Crippen molar-refractivity contribution in [2.75, 3.05) is 24.1 Å². The van der Waals surface area contributed by atoms with Crippen LogP contribution in [0.3, 0.4) is 0 Å². The maximum atomic E-state index is 11.6. The van der Waals surface area contributed by atoms with Gasteiger partial charge in [0.25, 0.3) is 0 Å². The number of pyridine rings is 1. The van der Waals surface area contributed by atoms with Gasteiger partial charge < -0.3 is 20.8 Å². The topological polar surface area (TPSA) is 93.2 Å². The minimum absolute atomic E-state index is 0.182. The van der Waals surface area contributed by atoms with E-state index >= 15 is 0 Å². The molecule has 0 aliphatic carbocycles. The second-order valence-electron chi connectivity index (χ2n) is 4.46. The zero-order chi connectivity index (χ0) is 15.1. The summed E-state index contributed by atoms with van der Waals surface area (Å²) in [6.45, 7) is 2.91. The zero-order valence-corrected chi connectivity index (χ0v) is 11.8. The number of nitrogens with one attached hydrogen (secondary N) is 2. The maximum absolute atomic E-state index is 11.6. The molecule has 2 aromatic rings. The Hall–Kier alpha value is -2.76. The minimum Gasteiger partial charge on any atom is -0.465 e. The van der Waals surface area contributed by atoms with Crippen LogP contribution < -0.4 is 16.4 Å². The number of hydrogen-bond donors (Lipinski definition) is 3. The molecule has 1 amide bonds. The molecule has 0 saturated carbocycles. The van der Waals surface area contributed by atoms with E-state index in [0.29, 0.717) is 30.4 Å². The molecule has 0 fully saturated rings. The van der Waals surface area contributed by atoms with Crippen molar-refractivity contribution in [1.82, 2.24) is 10.3 Å². The molecule has 0 aliphatic rings. The van der Waals surface area contributed by atoms with Crippen molar-refractivity contribution in [3.8, 4) is 0 Å². The van der Waals surface area contributed by atoms with Crippen molar-refractivity contribution in [2.45, 2.75) is 6.92 Å². The van der Waals surface area contributed by atoms with Crippen molar-refractivity contribution in [3.05, 3.63) is 48.1 Å². The highest BCUT2D eigenvalue weighted by Gasteiger charge is 2.00. The second kappa shape index (κ2) is 7.14. The van der Waals surface area contributed by atoms with Crippen molar-refractivity contribution in [3.63, 3.8) is 0 Å². The Morgan fingerprint density at radius 3 is 3.00 bits per heavy atom. The van der Waals surface area contributed by atoms with Crippen LogP contribution in [0, 0.1) is 6.92 Å². The second-order valence-corrected chi connectivity index (χ2v) is 4.46. The molecule has 0 radical (unpaired) electrons. The average Bonchev–Trinajstić information content (AvgIpc) is 2.98. The van der Waals surface area contributed by atoms with Crippen LogP contribution in [-0.4, -0.2) is 24.0 Å². The first-order chi connectivity index (χ1) is 10.1. The normalized spacial score (nSPS) is 10.7. The number of aryl methyl sites for hydroxylation is 1. The van der Waals surface area contributed by atoms with Crippen LogP contribution >= 0.6 is 0 Å². The number of carbonyl (C=O) groups is 1. The molecule has 6 heteroatoms. The SMILES string of the molecule is Cc1ccc(N)c(NCCNC(=O)/C=C/c2ccco2)n1. The number of hydrogen-bond acceptors (Lipinski definition) is 5. The van der Waals surface area contributed by atoms with Gasteiger partial charge in [0.15, 0.2) is 0 Å². The molecule has 4 N–H and O–H groups in total. The van der Waals surface area contributed by atoms with Crippen LogP contribution in [0.4, 0.5) is 11.5 Å². The summed E-state index contributed by atoms with van der Waals surface area (Å²) >= 11 is 0. The molecule has 0 unspecified atom stereocenters. The first-order valence-corrected chi connectivity index (χ1v) is 6.61. The molecule has 110 valence electrons. The predicted octanol–water partition coefficient (Wildman–Crippen LogP) is 1.81. The van der Waals surface area contributed by atoms with Gasteiger partial charge in [-0.15, -0.1) is 0 Å². The fourth-order valence-electron chi connectivity index (χ4n) is 1.68. The molecule has 2 rings (SSSR count). The lowest BCUT2D eigenvalue weighted by molar-refractivity contribution is -0.116. The molecule has 0 saturated heterocycles. The highest BCUT2D eigenvalue weighted by atomic mass is 16.3. The number of anilines is 2. The quantitative estimate of drug-likeness (QED) is 0.556. The van der Waals surface area contributed by atoms with E-state index in [2.05, 4.69) is 15.6 Å². The van der Waals surface area contributed by atoms with Gasteiger partial charge in [0, 0.05) is 24.9 Å². The molecule has 2 heterocycles. The smallest absolute Gasteiger partial charge is 0.244 e. The number of aromatic nitrogens is 1. The Morgan fingerprint density at radius 2 is 2.24 bits per heavy atom. The average molecular weight is 286 g/mol.